The van der Waals surface area contributed by atoms with E-state index in [2.05, 4.69) is 10.2 Å². The largest absolute Gasteiger partial charge is 0.436 e. The third-order valence-corrected chi connectivity index (χ3v) is 1.70. The lowest BCUT2D eigenvalue weighted by Crippen LogP contribution is -2.17. The van der Waals surface area contributed by atoms with Gasteiger partial charge in [0.1, 0.15) is 0 Å². The Labute approximate surface area is 77.5 Å². The molecule has 13 heavy (non-hydrogen) atoms. The minimum absolute atomic E-state index is 1.14. The molecular formula is C8H10BN4. The summed E-state index contributed by atoms with van der Waals surface area (Å²) in [6.07, 6.45) is 7.51. The zero-order chi connectivity index (χ0) is 9.26. The van der Waals surface area contributed by atoms with Gasteiger partial charge in [0.2, 0.25) is 0 Å². The van der Waals surface area contributed by atoms with Gasteiger partial charge in [-0.25, -0.2) is 0 Å². The summed E-state index contributed by atoms with van der Waals surface area (Å²) in [4.78, 5) is 0. The van der Waals surface area contributed by atoms with Crippen LogP contribution in [0.5, 0.6) is 0 Å². The third kappa shape index (κ3) is 1.80. The Hall–Kier alpha value is -1.52. The van der Waals surface area contributed by atoms with Crippen molar-refractivity contribution in [1.82, 2.24) is 19.4 Å². The van der Waals surface area contributed by atoms with Crippen LogP contribution in [0, 0.1) is 13.8 Å². The highest BCUT2D eigenvalue weighted by Gasteiger charge is 2.00. The Morgan fingerprint density at radius 3 is 1.77 bits per heavy atom. The van der Waals surface area contributed by atoms with Crippen LogP contribution in [0.3, 0.4) is 0 Å². The summed E-state index contributed by atoms with van der Waals surface area (Å²) >= 11 is 0. The first-order valence-electron chi connectivity index (χ1n) is 4.10. The average Bonchev–Trinajstić information content (AvgIpc) is 2.62. The molecule has 2 aromatic rings. The molecule has 0 saturated carbocycles. The van der Waals surface area contributed by atoms with E-state index in [4.69, 9.17) is 0 Å². The molecule has 0 atom stereocenters. The highest BCUT2D eigenvalue weighted by Crippen LogP contribution is 1.94. The Bertz CT molecular complexity index is 365. The van der Waals surface area contributed by atoms with Gasteiger partial charge in [0.15, 0.2) is 0 Å². The molecule has 2 heterocycles. The molecule has 2 rings (SSSR count). The topological polar surface area (TPSA) is 35.6 Å². The second-order valence-electron chi connectivity index (χ2n) is 3.11. The van der Waals surface area contributed by atoms with Crippen LogP contribution in [0.25, 0.3) is 0 Å². The van der Waals surface area contributed by atoms with Crippen molar-refractivity contribution >= 4 is 7.55 Å². The maximum Gasteiger partial charge on any atom is 0.436 e. The first kappa shape index (κ1) is 8.10. The van der Waals surface area contributed by atoms with Gasteiger partial charge in [0, 0.05) is 12.4 Å². The molecule has 0 fully saturated rings. The molecule has 4 nitrogen and oxygen atoms in total. The maximum atomic E-state index is 4.12. The molecule has 0 unspecified atom stereocenters. The van der Waals surface area contributed by atoms with Gasteiger partial charge >= 0.3 is 7.55 Å². The molecule has 0 aromatic carbocycles. The van der Waals surface area contributed by atoms with Gasteiger partial charge in [-0.15, -0.1) is 0 Å². The molecule has 2 aromatic heterocycles. The second kappa shape index (κ2) is 3.09. The summed E-state index contributed by atoms with van der Waals surface area (Å²) in [7, 11) is 1.82. The molecule has 0 aliphatic rings. The van der Waals surface area contributed by atoms with Crippen molar-refractivity contribution in [2.75, 3.05) is 0 Å². The predicted octanol–water partition coefficient (Wildman–Crippen LogP) is 0.627. The SMILES string of the molecule is Cc1cnn([B]n2cc(C)cn2)c1. The first-order chi connectivity index (χ1) is 6.24. The molecule has 0 N–H and O–H groups in total. The van der Waals surface area contributed by atoms with Crippen LogP contribution in [0.4, 0.5) is 0 Å². The number of aryl methyl sites for hydroxylation is 2. The Balaban J connectivity index is 2.14. The fourth-order valence-corrected chi connectivity index (χ4v) is 1.11. The molecule has 0 aliphatic carbocycles. The van der Waals surface area contributed by atoms with Crippen molar-refractivity contribution in [2.24, 2.45) is 0 Å². The maximum absolute atomic E-state index is 4.12. The fourth-order valence-electron chi connectivity index (χ4n) is 1.11. The zero-order valence-electron chi connectivity index (χ0n) is 7.68. The standard InChI is InChI=1S/C8H10BN4/c1-7-3-10-12(5-7)9-13-6-8(2)4-11-13/h3-6H,1-2H3. The second-order valence-corrected chi connectivity index (χ2v) is 3.11. The molecule has 0 bridgehead atoms. The van der Waals surface area contributed by atoms with Gasteiger partial charge in [-0.2, -0.15) is 10.2 Å². The quantitative estimate of drug-likeness (QED) is 0.624. The van der Waals surface area contributed by atoms with Gasteiger partial charge < -0.3 is 0 Å². The van der Waals surface area contributed by atoms with E-state index < -0.39 is 0 Å². The van der Waals surface area contributed by atoms with Crippen molar-refractivity contribution in [1.29, 1.82) is 0 Å². The highest BCUT2D eigenvalue weighted by molar-refractivity contribution is 6.30. The van der Waals surface area contributed by atoms with Crippen LogP contribution in [0.2, 0.25) is 0 Å². The van der Waals surface area contributed by atoms with Crippen molar-refractivity contribution in [3.8, 4) is 0 Å². The Morgan fingerprint density at radius 1 is 1.00 bits per heavy atom. The van der Waals surface area contributed by atoms with Crippen LogP contribution in [-0.2, 0) is 0 Å². The van der Waals surface area contributed by atoms with E-state index in [1.807, 2.05) is 46.2 Å². The first-order valence-corrected chi connectivity index (χ1v) is 4.10. The van der Waals surface area contributed by atoms with Gasteiger partial charge in [0.05, 0.1) is 12.4 Å². The van der Waals surface area contributed by atoms with E-state index >= 15 is 0 Å². The van der Waals surface area contributed by atoms with Gasteiger partial charge in [-0.05, 0) is 25.0 Å². The fraction of sp³-hybridized carbons (Fsp3) is 0.250. The lowest BCUT2D eigenvalue weighted by atomic mass is 10.2. The molecule has 0 aliphatic heterocycles. The molecule has 0 saturated heterocycles. The van der Waals surface area contributed by atoms with E-state index in [0.717, 1.165) is 11.1 Å². The zero-order valence-corrected chi connectivity index (χ0v) is 7.68. The smallest absolute Gasteiger partial charge is 0.292 e. The van der Waals surface area contributed by atoms with Gasteiger partial charge in [0.25, 0.3) is 0 Å². The lowest BCUT2D eigenvalue weighted by Gasteiger charge is -1.96. The van der Waals surface area contributed by atoms with Crippen molar-refractivity contribution < 1.29 is 0 Å². The highest BCUT2D eigenvalue weighted by atomic mass is 15.3. The number of hydrogen-bond donors (Lipinski definition) is 0. The Morgan fingerprint density at radius 2 is 1.46 bits per heavy atom. The minimum Gasteiger partial charge on any atom is -0.292 e. The summed E-state index contributed by atoms with van der Waals surface area (Å²) < 4.78 is 3.48. The number of aromatic nitrogens is 4. The monoisotopic (exact) mass is 173 g/mol. The van der Waals surface area contributed by atoms with E-state index in [1.54, 1.807) is 9.19 Å². The summed E-state index contributed by atoms with van der Waals surface area (Å²) in [5.74, 6) is 0. The lowest BCUT2D eigenvalue weighted by molar-refractivity contribution is 0.884. The van der Waals surface area contributed by atoms with Crippen molar-refractivity contribution in [2.45, 2.75) is 13.8 Å². The van der Waals surface area contributed by atoms with Crippen LogP contribution in [0.1, 0.15) is 11.1 Å². The Kier molecular flexibility index (Phi) is 1.92. The van der Waals surface area contributed by atoms with Crippen molar-refractivity contribution in [3.05, 3.63) is 35.9 Å². The minimum atomic E-state index is 1.14. The van der Waals surface area contributed by atoms with E-state index in [-0.39, 0.29) is 0 Å². The van der Waals surface area contributed by atoms with Crippen LogP contribution in [0.15, 0.2) is 24.8 Å². The summed E-state index contributed by atoms with van der Waals surface area (Å²) in [6, 6.07) is 0. The summed E-state index contributed by atoms with van der Waals surface area (Å²) in [5.41, 5.74) is 2.28. The number of nitrogens with zero attached hydrogens (tertiary/aromatic N) is 4. The molecular weight excluding hydrogens is 163 g/mol. The van der Waals surface area contributed by atoms with Crippen molar-refractivity contribution in [3.63, 3.8) is 0 Å². The third-order valence-electron chi connectivity index (χ3n) is 1.70. The molecule has 65 valence electrons. The average molecular weight is 173 g/mol. The normalized spacial score (nSPS) is 10.3. The molecule has 1 radical (unpaired) electrons. The molecule has 0 spiro atoms. The molecule has 0 amide bonds. The summed E-state index contributed by atoms with van der Waals surface area (Å²) in [6.45, 7) is 4.01. The predicted molar refractivity (Wildman–Crippen MR) is 50.5 cm³/mol. The van der Waals surface area contributed by atoms with E-state index in [1.165, 1.54) is 0 Å². The van der Waals surface area contributed by atoms with Crippen LogP contribution < -0.4 is 0 Å². The van der Waals surface area contributed by atoms with Crippen LogP contribution >= 0.6 is 0 Å². The number of rotatable bonds is 2. The van der Waals surface area contributed by atoms with Crippen LogP contribution in [-0.4, -0.2) is 26.9 Å². The van der Waals surface area contributed by atoms with E-state index in [0.29, 0.717) is 0 Å². The molecule has 5 heteroatoms. The van der Waals surface area contributed by atoms with Gasteiger partial charge in [-0.3, -0.25) is 9.19 Å². The summed E-state index contributed by atoms with van der Waals surface area (Å²) in [5, 5.41) is 8.24. The van der Waals surface area contributed by atoms with Gasteiger partial charge in [-0.1, -0.05) is 0 Å². The number of hydrogen-bond acceptors (Lipinski definition) is 2. The van der Waals surface area contributed by atoms with E-state index in [9.17, 15) is 0 Å².